The van der Waals surface area contributed by atoms with Crippen LogP contribution in [0, 0.1) is 18.8 Å². The van der Waals surface area contributed by atoms with Crippen LogP contribution in [0.2, 0.25) is 0 Å². The van der Waals surface area contributed by atoms with Gasteiger partial charge in [0.15, 0.2) is 0 Å². The van der Waals surface area contributed by atoms with Crippen LogP contribution in [0.4, 0.5) is 0 Å². The fourth-order valence-corrected chi connectivity index (χ4v) is 4.27. The average molecular weight is 421 g/mol. The number of nitrogens with two attached hydrogens (primary N) is 1. The van der Waals surface area contributed by atoms with Crippen molar-refractivity contribution < 1.29 is 19.1 Å². The molecule has 0 spiro atoms. The second kappa shape index (κ2) is 9.44. The number of aromatic nitrogens is 1. The van der Waals surface area contributed by atoms with Crippen molar-refractivity contribution in [1.82, 2.24) is 4.57 Å². The Hall–Kier alpha value is -2.34. The van der Waals surface area contributed by atoms with Crippen LogP contribution in [0.15, 0.2) is 18.2 Å². The predicted molar refractivity (Wildman–Crippen MR) is 115 cm³/mol. The number of benzene rings is 1. The van der Waals surface area contributed by atoms with Gasteiger partial charge >= 0.3 is 0 Å². The maximum absolute atomic E-state index is 13.3. The van der Waals surface area contributed by atoms with E-state index in [0.717, 1.165) is 6.42 Å². The number of alkyl halides is 1. The van der Waals surface area contributed by atoms with E-state index in [-0.39, 0.29) is 28.7 Å². The van der Waals surface area contributed by atoms with E-state index >= 15 is 0 Å². The van der Waals surface area contributed by atoms with Gasteiger partial charge < -0.3 is 10.5 Å². The molecule has 1 aromatic heterocycles. The summed E-state index contributed by atoms with van der Waals surface area (Å²) in [6.07, 6.45) is 1.48. The first-order chi connectivity index (χ1) is 13.6. The number of primary amides is 1. The molecule has 0 fully saturated rings. The number of hydrogen-bond donors (Lipinski definition) is 1. The molecule has 3 atom stereocenters. The van der Waals surface area contributed by atoms with E-state index in [2.05, 4.69) is 6.92 Å². The number of carbonyl (C=O) groups is 3. The number of ether oxygens (including phenoxy) is 1. The average Bonchev–Trinajstić information content (AvgIpc) is 2.92. The molecule has 2 aromatic rings. The van der Waals surface area contributed by atoms with Crippen LogP contribution in [-0.4, -0.2) is 34.1 Å². The Labute approximate surface area is 176 Å². The Morgan fingerprint density at radius 2 is 1.83 bits per heavy atom. The van der Waals surface area contributed by atoms with Gasteiger partial charge in [-0.3, -0.25) is 19.0 Å². The van der Waals surface area contributed by atoms with Gasteiger partial charge in [-0.2, -0.15) is 0 Å². The number of Topliss-reactive ketones (excluding diaryl/α,β-unsaturated/α-hetero) is 1. The first-order valence-electron chi connectivity index (χ1n) is 9.89. The van der Waals surface area contributed by atoms with Gasteiger partial charge in [-0.25, -0.2) is 0 Å². The van der Waals surface area contributed by atoms with Crippen LogP contribution in [0.5, 0.6) is 5.75 Å². The van der Waals surface area contributed by atoms with Crippen molar-refractivity contribution in [2.75, 3.05) is 6.61 Å². The highest BCUT2D eigenvalue weighted by Crippen LogP contribution is 2.35. The lowest BCUT2D eigenvalue weighted by Gasteiger charge is -2.19. The van der Waals surface area contributed by atoms with Crippen LogP contribution < -0.4 is 10.5 Å². The van der Waals surface area contributed by atoms with Crippen LogP contribution in [0.3, 0.4) is 0 Å². The van der Waals surface area contributed by atoms with Crippen molar-refractivity contribution in [2.24, 2.45) is 17.6 Å². The highest BCUT2D eigenvalue weighted by Gasteiger charge is 2.30. The summed E-state index contributed by atoms with van der Waals surface area (Å²) >= 11 is 6.09. The van der Waals surface area contributed by atoms with E-state index in [1.54, 1.807) is 25.1 Å². The van der Waals surface area contributed by atoms with Crippen molar-refractivity contribution in [3.05, 3.63) is 29.5 Å². The summed E-state index contributed by atoms with van der Waals surface area (Å²) in [5.41, 5.74) is 6.33. The molecule has 0 radical (unpaired) electrons. The van der Waals surface area contributed by atoms with Gasteiger partial charge in [-0.1, -0.05) is 19.9 Å². The van der Waals surface area contributed by atoms with Gasteiger partial charge in [0.05, 0.1) is 23.1 Å². The number of halogens is 1. The Balaban J connectivity index is 2.60. The smallest absolute Gasteiger partial charge is 0.289 e. The normalized spacial score (nSPS) is 14.4. The molecule has 1 amide bonds. The van der Waals surface area contributed by atoms with Gasteiger partial charge in [-0.15, -0.1) is 11.6 Å². The third-order valence-electron chi connectivity index (χ3n) is 5.07. The minimum absolute atomic E-state index is 0.0370. The molecule has 0 aliphatic rings. The first-order valence-corrected chi connectivity index (χ1v) is 10.3. The lowest BCUT2D eigenvalue weighted by atomic mass is 9.93. The lowest BCUT2D eigenvalue weighted by Crippen LogP contribution is -2.25. The Bertz CT molecular complexity index is 933. The highest BCUT2D eigenvalue weighted by molar-refractivity contribution is 6.45. The molecule has 0 saturated carbocycles. The van der Waals surface area contributed by atoms with E-state index in [0.29, 0.717) is 35.4 Å². The quantitative estimate of drug-likeness (QED) is 0.371. The molecule has 1 heterocycles. The molecule has 2 N–H and O–H groups in total. The largest absolute Gasteiger partial charge is 0.493 e. The second-order valence-electron chi connectivity index (χ2n) is 7.67. The molecule has 2 rings (SSSR count). The van der Waals surface area contributed by atoms with Crippen LogP contribution in [0.25, 0.3) is 10.9 Å². The molecule has 3 unspecified atom stereocenters. The standard InChI is InChI=1S/C22H29ClN2O4/c1-6-29-17-9-7-8-16-19(17)18(20(26)21(24)27)15(5)25(16)22(28)13(3)10-12(2)11-14(4)23/h7-9,12-14H,6,10-11H2,1-5H3,(H2,24,27). The molecule has 0 aliphatic carbocycles. The van der Waals surface area contributed by atoms with Crippen LogP contribution in [-0.2, 0) is 4.79 Å². The zero-order valence-electron chi connectivity index (χ0n) is 17.6. The van der Waals surface area contributed by atoms with E-state index in [4.69, 9.17) is 22.1 Å². The minimum Gasteiger partial charge on any atom is -0.493 e. The highest BCUT2D eigenvalue weighted by atomic mass is 35.5. The van der Waals surface area contributed by atoms with Gasteiger partial charge in [0.1, 0.15) is 5.75 Å². The molecule has 0 saturated heterocycles. The topological polar surface area (TPSA) is 91.4 Å². The summed E-state index contributed by atoms with van der Waals surface area (Å²) in [5.74, 6) is -1.61. The monoisotopic (exact) mass is 420 g/mol. The van der Waals surface area contributed by atoms with Crippen molar-refractivity contribution in [3.8, 4) is 5.75 Å². The molecular weight excluding hydrogens is 392 g/mol. The van der Waals surface area contributed by atoms with E-state index in [1.807, 2.05) is 20.8 Å². The summed E-state index contributed by atoms with van der Waals surface area (Å²) in [6, 6.07) is 5.22. The maximum atomic E-state index is 13.3. The Kier molecular flexibility index (Phi) is 7.47. The van der Waals surface area contributed by atoms with Crippen molar-refractivity contribution >= 4 is 40.1 Å². The summed E-state index contributed by atoms with van der Waals surface area (Å²) in [4.78, 5) is 37.6. The number of fused-ring (bicyclic) bond motifs is 1. The molecule has 0 bridgehead atoms. The molecule has 6 nitrogen and oxygen atoms in total. The number of hydrogen-bond acceptors (Lipinski definition) is 4. The summed E-state index contributed by atoms with van der Waals surface area (Å²) in [6.45, 7) is 9.73. The second-order valence-corrected chi connectivity index (χ2v) is 8.41. The molecular formula is C22H29ClN2O4. The minimum atomic E-state index is -1.07. The Morgan fingerprint density at radius 1 is 1.17 bits per heavy atom. The zero-order valence-corrected chi connectivity index (χ0v) is 18.4. The number of ketones is 1. The Morgan fingerprint density at radius 3 is 2.38 bits per heavy atom. The predicted octanol–water partition coefficient (Wildman–Crippen LogP) is 4.34. The van der Waals surface area contributed by atoms with Crippen LogP contribution in [0.1, 0.15) is 61.4 Å². The molecule has 0 aliphatic heterocycles. The number of amides is 1. The molecule has 1 aromatic carbocycles. The van der Waals surface area contributed by atoms with Crippen molar-refractivity contribution in [3.63, 3.8) is 0 Å². The van der Waals surface area contributed by atoms with Crippen molar-refractivity contribution in [2.45, 2.75) is 52.8 Å². The molecule has 29 heavy (non-hydrogen) atoms. The van der Waals surface area contributed by atoms with Crippen LogP contribution >= 0.6 is 11.6 Å². The van der Waals surface area contributed by atoms with Gasteiger partial charge in [0.25, 0.3) is 11.7 Å². The SMILES string of the molecule is CCOc1cccc2c1c(C(=O)C(N)=O)c(C)n2C(=O)C(C)CC(C)CC(C)Cl. The number of nitrogens with zero attached hydrogens (tertiary/aromatic N) is 1. The van der Waals surface area contributed by atoms with Gasteiger partial charge in [0.2, 0.25) is 5.91 Å². The third-order valence-corrected chi connectivity index (χ3v) is 5.25. The maximum Gasteiger partial charge on any atom is 0.289 e. The van der Waals surface area contributed by atoms with E-state index in [9.17, 15) is 14.4 Å². The zero-order chi connectivity index (χ0) is 21.9. The third kappa shape index (κ3) is 4.81. The summed E-state index contributed by atoms with van der Waals surface area (Å²) < 4.78 is 7.17. The summed E-state index contributed by atoms with van der Waals surface area (Å²) in [5, 5.41) is 0.480. The van der Waals surface area contributed by atoms with E-state index in [1.165, 1.54) is 4.57 Å². The number of rotatable bonds is 9. The van der Waals surface area contributed by atoms with Gasteiger partial charge in [0, 0.05) is 17.0 Å². The fraction of sp³-hybridized carbons (Fsp3) is 0.500. The first kappa shape index (κ1) is 22.9. The van der Waals surface area contributed by atoms with E-state index < -0.39 is 11.7 Å². The van der Waals surface area contributed by atoms with Gasteiger partial charge in [-0.05, 0) is 51.7 Å². The lowest BCUT2D eigenvalue weighted by molar-refractivity contribution is -0.114. The molecule has 7 heteroatoms. The number of carbonyl (C=O) groups excluding carboxylic acids is 3. The van der Waals surface area contributed by atoms with Crippen molar-refractivity contribution in [1.29, 1.82) is 0 Å². The molecule has 158 valence electrons. The fourth-order valence-electron chi connectivity index (χ4n) is 3.97. The summed E-state index contributed by atoms with van der Waals surface area (Å²) in [7, 11) is 0.